The molecular formula is C30H29N3O4. The first kappa shape index (κ1) is 23.3. The van der Waals surface area contributed by atoms with Crippen LogP contribution in [0, 0.1) is 0 Å². The Labute approximate surface area is 216 Å². The third kappa shape index (κ3) is 4.14. The monoisotopic (exact) mass is 495 g/mol. The van der Waals surface area contributed by atoms with Crippen LogP contribution in [0.5, 0.6) is 5.75 Å². The van der Waals surface area contributed by atoms with Gasteiger partial charge in [-0.15, -0.1) is 0 Å². The predicted octanol–water partition coefficient (Wildman–Crippen LogP) is 5.02. The summed E-state index contributed by atoms with van der Waals surface area (Å²) < 4.78 is 5.78. The van der Waals surface area contributed by atoms with E-state index in [9.17, 15) is 14.7 Å². The van der Waals surface area contributed by atoms with Crippen LogP contribution in [0.2, 0.25) is 0 Å². The van der Waals surface area contributed by atoms with E-state index in [0.29, 0.717) is 16.9 Å². The maximum atomic E-state index is 13.4. The lowest BCUT2D eigenvalue weighted by Crippen LogP contribution is -2.31. The number of nitrogens with zero attached hydrogens (tertiary/aromatic N) is 3. The van der Waals surface area contributed by atoms with Crippen molar-refractivity contribution >= 4 is 28.8 Å². The largest absolute Gasteiger partial charge is 0.507 e. The first-order chi connectivity index (χ1) is 18.0. The first-order valence-electron chi connectivity index (χ1n) is 12.9. The SMILES string of the molecule is CC1Cc2cc(/C(O)=C3/C(=O)C(=O)N(c4ccc(N5CCCCC5)cc4)C3c3ccccn3)ccc2O1. The predicted molar refractivity (Wildman–Crippen MR) is 142 cm³/mol. The minimum absolute atomic E-state index is 0.0377. The standard InChI is InChI=1S/C30H29N3O4/c1-19-17-21-18-20(8-13-25(21)37-19)28(34)26-27(24-7-3-4-14-31-24)33(30(36)29(26)35)23-11-9-22(10-12-23)32-15-5-2-6-16-32/h3-4,7-14,18-19,27,34H,2,5-6,15-17H2,1H3/b28-26-. The van der Waals surface area contributed by atoms with Crippen LogP contribution >= 0.6 is 0 Å². The van der Waals surface area contributed by atoms with Gasteiger partial charge < -0.3 is 14.7 Å². The minimum atomic E-state index is -0.842. The van der Waals surface area contributed by atoms with Gasteiger partial charge >= 0.3 is 0 Å². The number of benzene rings is 2. The number of ketones is 1. The average Bonchev–Trinajstić information content (AvgIpc) is 3.44. The van der Waals surface area contributed by atoms with Crippen molar-refractivity contribution in [1.29, 1.82) is 0 Å². The topological polar surface area (TPSA) is 83.0 Å². The van der Waals surface area contributed by atoms with Crippen LogP contribution in [-0.2, 0) is 16.0 Å². The van der Waals surface area contributed by atoms with E-state index in [1.807, 2.05) is 43.3 Å². The molecule has 1 N–H and O–H groups in total. The molecule has 2 fully saturated rings. The Morgan fingerprint density at radius 1 is 0.973 bits per heavy atom. The number of aliphatic hydroxyl groups is 1. The fraction of sp³-hybridized carbons (Fsp3) is 0.300. The number of rotatable bonds is 4. The number of aliphatic hydroxyl groups excluding tert-OH is 1. The number of carbonyl (C=O) groups excluding carboxylic acids is 2. The summed E-state index contributed by atoms with van der Waals surface area (Å²) in [5, 5.41) is 11.4. The van der Waals surface area contributed by atoms with Crippen molar-refractivity contribution < 1.29 is 19.4 Å². The highest BCUT2D eigenvalue weighted by atomic mass is 16.5. The van der Waals surface area contributed by atoms with Gasteiger partial charge in [0, 0.05) is 42.6 Å². The molecule has 7 heteroatoms. The summed E-state index contributed by atoms with van der Waals surface area (Å²) in [6.45, 7) is 4.02. The van der Waals surface area contributed by atoms with E-state index < -0.39 is 17.7 Å². The second kappa shape index (κ2) is 9.39. The molecule has 0 spiro atoms. The van der Waals surface area contributed by atoms with E-state index in [4.69, 9.17) is 4.74 Å². The van der Waals surface area contributed by atoms with Gasteiger partial charge in [-0.1, -0.05) is 6.07 Å². The van der Waals surface area contributed by atoms with Crippen LogP contribution in [0.15, 0.2) is 72.4 Å². The molecule has 188 valence electrons. The summed E-state index contributed by atoms with van der Waals surface area (Å²) in [7, 11) is 0. The van der Waals surface area contributed by atoms with Crippen LogP contribution in [-0.4, -0.2) is 41.0 Å². The van der Waals surface area contributed by atoms with Gasteiger partial charge in [-0.25, -0.2) is 0 Å². The van der Waals surface area contributed by atoms with E-state index in [0.717, 1.165) is 36.5 Å². The van der Waals surface area contributed by atoms with Gasteiger partial charge in [0.1, 0.15) is 23.7 Å². The third-order valence-corrected chi connectivity index (χ3v) is 7.43. The van der Waals surface area contributed by atoms with Gasteiger partial charge in [0.15, 0.2) is 0 Å². The molecule has 2 saturated heterocycles. The second-order valence-corrected chi connectivity index (χ2v) is 9.94. The molecule has 0 radical (unpaired) electrons. The molecule has 2 atom stereocenters. The average molecular weight is 496 g/mol. The zero-order valence-electron chi connectivity index (χ0n) is 20.8. The van der Waals surface area contributed by atoms with Crippen molar-refractivity contribution in [3.63, 3.8) is 0 Å². The fourth-order valence-electron chi connectivity index (χ4n) is 5.62. The highest BCUT2D eigenvalue weighted by Crippen LogP contribution is 2.42. The van der Waals surface area contributed by atoms with E-state index in [1.165, 1.54) is 24.2 Å². The Bertz CT molecular complexity index is 1380. The Morgan fingerprint density at radius 2 is 1.73 bits per heavy atom. The quantitative estimate of drug-likeness (QED) is 0.311. The van der Waals surface area contributed by atoms with Crippen molar-refractivity contribution in [3.05, 3.63) is 89.3 Å². The molecule has 0 aliphatic carbocycles. The molecular weight excluding hydrogens is 466 g/mol. The molecule has 0 saturated carbocycles. The van der Waals surface area contributed by atoms with Gasteiger partial charge in [0.05, 0.1) is 11.3 Å². The smallest absolute Gasteiger partial charge is 0.300 e. The van der Waals surface area contributed by atoms with E-state index in [2.05, 4.69) is 9.88 Å². The van der Waals surface area contributed by atoms with Gasteiger partial charge in [0.25, 0.3) is 11.7 Å². The molecule has 7 nitrogen and oxygen atoms in total. The number of hydrogen-bond donors (Lipinski definition) is 1. The molecule has 1 aromatic heterocycles. The summed E-state index contributed by atoms with van der Waals surface area (Å²) >= 11 is 0. The molecule has 3 aromatic rings. The lowest BCUT2D eigenvalue weighted by molar-refractivity contribution is -0.132. The van der Waals surface area contributed by atoms with Crippen molar-refractivity contribution in [1.82, 2.24) is 4.98 Å². The molecule has 37 heavy (non-hydrogen) atoms. The fourth-order valence-corrected chi connectivity index (χ4v) is 5.62. The maximum absolute atomic E-state index is 13.4. The van der Waals surface area contributed by atoms with Crippen LogP contribution in [0.25, 0.3) is 5.76 Å². The Kier molecular flexibility index (Phi) is 5.91. The molecule has 1 amide bonds. The molecule has 0 bridgehead atoms. The van der Waals surface area contributed by atoms with Crippen LogP contribution in [0.3, 0.4) is 0 Å². The lowest BCUT2D eigenvalue weighted by atomic mass is 9.96. The number of anilines is 2. The summed E-state index contributed by atoms with van der Waals surface area (Å²) in [6.07, 6.45) is 5.99. The molecule has 3 aliphatic heterocycles. The normalized spacial score (nSPS) is 22.7. The number of ether oxygens (including phenoxy) is 1. The molecule has 6 rings (SSSR count). The van der Waals surface area contributed by atoms with Crippen molar-refractivity contribution in [2.75, 3.05) is 22.9 Å². The Hall–Kier alpha value is -4.13. The second-order valence-electron chi connectivity index (χ2n) is 9.94. The number of fused-ring (bicyclic) bond motifs is 1. The van der Waals surface area contributed by atoms with Crippen molar-refractivity contribution in [2.24, 2.45) is 0 Å². The van der Waals surface area contributed by atoms with Crippen LogP contribution in [0.1, 0.15) is 49.0 Å². The number of Topliss-reactive ketones (excluding diaryl/α,β-unsaturated/α-hetero) is 1. The lowest BCUT2D eigenvalue weighted by Gasteiger charge is -2.30. The zero-order valence-corrected chi connectivity index (χ0v) is 20.8. The Balaban J connectivity index is 1.42. The number of piperidine rings is 1. The van der Waals surface area contributed by atoms with Crippen molar-refractivity contribution in [2.45, 2.75) is 44.8 Å². The Morgan fingerprint density at radius 3 is 2.46 bits per heavy atom. The van der Waals surface area contributed by atoms with E-state index in [1.54, 1.807) is 30.5 Å². The molecule has 2 unspecified atom stereocenters. The zero-order chi connectivity index (χ0) is 25.5. The summed E-state index contributed by atoms with van der Waals surface area (Å²) in [5.41, 5.74) is 3.69. The molecule has 3 aliphatic rings. The van der Waals surface area contributed by atoms with E-state index in [-0.39, 0.29) is 17.4 Å². The third-order valence-electron chi connectivity index (χ3n) is 7.43. The van der Waals surface area contributed by atoms with Gasteiger partial charge in [-0.2, -0.15) is 0 Å². The number of aromatic nitrogens is 1. The highest BCUT2D eigenvalue weighted by Gasteiger charge is 2.47. The minimum Gasteiger partial charge on any atom is -0.507 e. The van der Waals surface area contributed by atoms with Gasteiger partial charge in [-0.05, 0) is 86.3 Å². The molecule has 2 aromatic carbocycles. The van der Waals surface area contributed by atoms with Crippen molar-refractivity contribution in [3.8, 4) is 5.75 Å². The molecule has 4 heterocycles. The van der Waals surface area contributed by atoms with Gasteiger partial charge in [0.2, 0.25) is 0 Å². The first-order valence-corrected chi connectivity index (χ1v) is 12.9. The summed E-state index contributed by atoms with van der Waals surface area (Å²) in [4.78, 5) is 35.1. The number of pyridine rings is 1. The van der Waals surface area contributed by atoms with E-state index >= 15 is 0 Å². The summed E-state index contributed by atoms with van der Waals surface area (Å²) in [6, 6.07) is 17.6. The summed E-state index contributed by atoms with van der Waals surface area (Å²) in [5.74, 6) is -0.831. The van der Waals surface area contributed by atoms with Crippen LogP contribution in [0.4, 0.5) is 11.4 Å². The number of carbonyl (C=O) groups is 2. The maximum Gasteiger partial charge on any atom is 0.300 e. The number of amides is 1. The number of hydrogen-bond acceptors (Lipinski definition) is 6. The highest BCUT2D eigenvalue weighted by molar-refractivity contribution is 6.51. The van der Waals surface area contributed by atoms with Gasteiger partial charge in [-0.3, -0.25) is 19.5 Å². The van der Waals surface area contributed by atoms with Crippen LogP contribution < -0.4 is 14.5 Å².